The summed E-state index contributed by atoms with van der Waals surface area (Å²) in [6, 6.07) is 3.02. The van der Waals surface area contributed by atoms with Crippen LogP contribution in [0.5, 0.6) is 0 Å². The zero-order chi connectivity index (χ0) is 10.6. The molecule has 14 heavy (non-hydrogen) atoms. The zero-order valence-corrected chi connectivity index (χ0v) is 11.3. The lowest BCUT2D eigenvalue weighted by Gasteiger charge is -2.53. The quantitative estimate of drug-likeness (QED) is 0.627. The Morgan fingerprint density at radius 2 is 1.14 bits per heavy atom. The van der Waals surface area contributed by atoms with E-state index in [0.717, 1.165) is 0 Å². The highest BCUT2D eigenvalue weighted by Gasteiger charge is 2.48. The first-order valence-corrected chi connectivity index (χ1v) is 8.56. The normalized spacial score (nSPS) is 20.1. The van der Waals surface area contributed by atoms with Gasteiger partial charge in [0.15, 0.2) is 0 Å². The second-order valence-electron chi connectivity index (χ2n) is 4.18. The summed E-state index contributed by atoms with van der Waals surface area (Å²) in [7, 11) is -1.14. The maximum Gasteiger partial charge on any atom is 0.206 e. The van der Waals surface area contributed by atoms with Crippen molar-refractivity contribution >= 4 is 8.40 Å². The van der Waals surface area contributed by atoms with Crippen molar-refractivity contribution in [2.75, 3.05) is 26.2 Å². The standard InChI is InChI=1S/C11H26N2Si/c1-5-12(6-2)14(10-9-11-14)13(7-3)8-4/h5-11H2,1-4H3. The van der Waals surface area contributed by atoms with Crippen molar-refractivity contribution in [3.05, 3.63) is 0 Å². The van der Waals surface area contributed by atoms with Crippen LogP contribution in [0.15, 0.2) is 0 Å². The molecule has 0 aromatic rings. The molecule has 0 saturated carbocycles. The SMILES string of the molecule is CCN(CC)[Si]1(N(CC)CC)CCC1. The largest absolute Gasteiger partial charge is 0.312 e. The lowest BCUT2D eigenvalue weighted by atomic mass is 10.5. The van der Waals surface area contributed by atoms with E-state index in [2.05, 4.69) is 36.8 Å². The van der Waals surface area contributed by atoms with Crippen molar-refractivity contribution in [3.8, 4) is 0 Å². The molecule has 1 rings (SSSR count). The fourth-order valence-corrected chi connectivity index (χ4v) is 7.96. The van der Waals surface area contributed by atoms with Crippen molar-refractivity contribution in [1.82, 2.24) is 9.13 Å². The van der Waals surface area contributed by atoms with Crippen molar-refractivity contribution in [3.63, 3.8) is 0 Å². The molecule has 1 saturated heterocycles. The van der Waals surface area contributed by atoms with E-state index in [-0.39, 0.29) is 0 Å². The molecule has 3 heteroatoms. The summed E-state index contributed by atoms with van der Waals surface area (Å²) in [6.07, 6.45) is 1.47. The maximum atomic E-state index is 2.78. The first kappa shape index (κ1) is 12.2. The predicted octanol–water partition coefficient (Wildman–Crippen LogP) is 2.52. The van der Waals surface area contributed by atoms with E-state index in [9.17, 15) is 0 Å². The van der Waals surface area contributed by atoms with Gasteiger partial charge < -0.3 is 9.13 Å². The number of rotatable bonds is 6. The van der Waals surface area contributed by atoms with Gasteiger partial charge in [0.2, 0.25) is 8.40 Å². The summed E-state index contributed by atoms with van der Waals surface area (Å²) in [4.78, 5) is 0. The summed E-state index contributed by atoms with van der Waals surface area (Å²) in [5.41, 5.74) is 0. The molecule has 1 fully saturated rings. The van der Waals surface area contributed by atoms with Crippen LogP contribution in [-0.4, -0.2) is 43.7 Å². The third-order valence-electron chi connectivity index (χ3n) is 3.86. The van der Waals surface area contributed by atoms with Gasteiger partial charge in [0, 0.05) is 0 Å². The Bertz CT molecular complexity index is 147. The molecule has 0 aromatic heterocycles. The summed E-state index contributed by atoms with van der Waals surface area (Å²) < 4.78 is 5.56. The Balaban J connectivity index is 2.73. The average molecular weight is 214 g/mol. The van der Waals surface area contributed by atoms with Gasteiger partial charge in [0.05, 0.1) is 0 Å². The fraction of sp³-hybridized carbons (Fsp3) is 1.00. The monoisotopic (exact) mass is 214 g/mol. The van der Waals surface area contributed by atoms with Crippen molar-refractivity contribution < 1.29 is 0 Å². The Hall–Kier alpha value is 0.137. The lowest BCUT2D eigenvalue weighted by Crippen LogP contribution is -2.69. The molecule has 0 bridgehead atoms. The van der Waals surface area contributed by atoms with Crippen molar-refractivity contribution in [2.45, 2.75) is 46.2 Å². The minimum atomic E-state index is -1.14. The van der Waals surface area contributed by atoms with E-state index >= 15 is 0 Å². The second kappa shape index (κ2) is 5.28. The van der Waals surface area contributed by atoms with Crippen molar-refractivity contribution in [2.24, 2.45) is 0 Å². The molecule has 2 nitrogen and oxygen atoms in total. The van der Waals surface area contributed by atoms with Crippen LogP contribution in [0.25, 0.3) is 0 Å². The van der Waals surface area contributed by atoms with Gasteiger partial charge in [-0.25, -0.2) is 0 Å². The topological polar surface area (TPSA) is 6.48 Å². The number of hydrogen-bond donors (Lipinski definition) is 0. The second-order valence-corrected chi connectivity index (χ2v) is 8.41. The molecule has 1 heterocycles. The molecule has 1 aliphatic heterocycles. The molecule has 0 N–H and O–H groups in total. The summed E-state index contributed by atoms with van der Waals surface area (Å²) >= 11 is 0. The van der Waals surface area contributed by atoms with Gasteiger partial charge in [-0.3, -0.25) is 0 Å². The molecule has 0 radical (unpaired) electrons. The molecular formula is C11H26N2Si. The molecular weight excluding hydrogens is 188 g/mol. The van der Waals surface area contributed by atoms with Crippen LogP contribution in [-0.2, 0) is 0 Å². The van der Waals surface area contributed by atoms with Gasteiger partial charge in [0.25, 0.3) is 0 Å². The van der Waals surface area contributed by atoms with E-state index in [4.69, 9.17) is 0 Å². The van der Waals surface area contributed by atoms with Crippen LogP contribution in [0.4, 0.5) is 0 Å². The van der Waals surface area contributed by atoms with Crippen LogP contribution in [0.1, 0.15) is 34.1 Å². The Labute approximate surface area is 90.4 Å². The smallest absolute Gasteiger partial charge is 0.206 e. The molecule has 1 aliphatic rings. The van der Waals surface area contributed by atoms with Gasteiger partial charge in [-0.05, 0) is 38.3 Å². The highest BCUT2D eigenvalue weighted by Crippen LogP contribution is 2.37. The highest BCUT2D eigenvalue weighted by molar-refractivity contribution is 6.77. The van der Waals surface area contributed by atoms with Crippen LogP contribution in [0, 0.1) is 0 Å². The number of hydrogen-bond acceptors (Lipinski definition) is 2. The molecule has 84 valence electrons. The van der Waals surface area contributed by atoms with E-state index in [1.807, 2.05) is 0 Å². The average Bonchev–Trinajstić information content (AvgIpc) is 2.16. The third kappa shape index (κ3) is 1.90. The minimum absolute atomic E-state index is 1.14. The van der Waals surface area contributed by atoms with Gasteiger partial charge in [-0.15, -0.1) is 0 Å². The molecule has 0 atom stereocenters. The van der Waals surface area contributed by atoms with Crippen LogP contribution in [0.2, 0.25) is 12.1 Å². The first-order valence-electron chi connectivity index (χ1n) is 6.25. The molecule has 0 amide bonds. The van der Waals surface area contributed by atoms with Crippen LogP contribution >= 0.6 is 0 Å². The summed E-state index contributed by atoms with van der Waals surface area (Å²) in [5.74, 6) is 0. The van der Waals surface area contributed by atoms with E-state index < -0.39 is 8.40 Å². The van der Waals surface area contributed by atoms with Crippen LogP contribution in [0.3, 0.4) is 0 Å². The van der Waals surface area contributed by atoms with Gasteiger partial charge in [-0.1, -0.05) is 34.1 Å². The fourth-order valence-electron chi connectivity index (χ4n) is 2.95. The van der Waals surface area contributed by atoms with Crippen LogP contribution < -0.4 is 0 Å². The highest BCUT2D eigenvalue weighted by atomic mass is 28.4. The molecule has 0 spiro atoms. The molecule has 0 aromatic carbocycles. The Morgan fingerprint density at radius 1 is 0.786 bits per heavy atom. The van der Waals surface area contributed by atoms with Gasteiger partial charge >= 0.3 is 0 Å². The molecule has 0 aliphatic carbocycles. The van der Waals surface area contributed by atoms with Gasteiger partial charge in [-0.2, -0.15) is 0 Å². The predicted molar refractivity (Wildman–Crippen MR) is 65.8 cm³/mol. The number of nitrogens with zero attached hydrogens (tertiary/aromatic N) is 2. The van der Waals surface area contributed by atoms with Crippen molar-refractivity contribution in [1.29, 1.82) is 0 Å². The van der Waals surface area contributed by atoms with E-state index in [1.54, 1.807) is 0 Å². The minimum Gasteiger partial charge on any atom is -0.312 e. The maximum absolute atomic E-state index is 2.78. The van der Waals surface area contributed by atoms with Gasteiger partial charge in [0.1, 0.15) is 0 Å². The Morgan fingerprint density at radius 3 is 1.29 bits per heavy atom. The zero-order valence-electron chi connectivity index (χ0n) is 10.3. The molecule has 0 unspecified atom stereocenters. The third-order valence-corrected chi connectivity index (χ3v) is 9.79. The lowest BCUT2D eigenvalue weighted by molar-refractivity contribution is 0.329. The first-order chi connectivity index (χ1) is 6.75. The van der Waals surface area contributed by atoms with E-state index in [0.29, 0.717) is 0 Å². The Kier molecular flexibility index (Phi) is 4.61. The van der Waals surface area contributed by atoms with E-state index in [1.165, 1.54) is 44.7 Å². The summed E-state index contributed by atoms with van der Waals surface area (Å²) in [5, 5.41) is 0. The summed E-state index contributed by atoms with van der Waals surface area (Å²) in [6.45, 7) is 14.3.